The van der Waals surface area contributed by atoms with Crippen LogP contribution in [0.2, 0.25) is 0 Å². The molecule has 0 N–H and O–H groups in total. The Morgan fingerprint density at radius 2 is 0.750 bits per heavy atom. The van der Waals surface area contributed by atoms with Crippen LogP contribution in [0.4, 0.5) is 21.0 Å². The van der Waals surface area contributed by atoms with Gasteiger partial charge in [-0.15, -0.1) is 0 Å². The van der Waals surface area contributed by atoms with Crippen LogP contribution in [0.1, 0.15) is 0 Å². The van der Waals surface area contributed by atoms with E-state index in [-0.39, 0.29) is 21.8 Å². The van der Waals surface area contributed by atoms with Gasteiger partial charge >= 0.3 is 46.2 Å². The van der Waals surface area contributed by atoms with Gasteiger partial charge in [0, 0.05) is 0 Å². The molecule has 0 aromatic heterocycles. The first-order valence-corrected chi connectivity index (χ1v) is 2.54. The molecular weight excluding hydrogens is 209 g/mol. The first-order chi connectivity index (χ1) is 2.24. The van der Waals surface area contributed by atoms with Gasteiger partial charge in [-0.25, -0.2) is 0 Å². The van der Waals surface area contributed by atoms with E-state index in [2.05, 4.69) is 0 Å². The molecule has 0 aromatic carbocycles. The van der Waals surface area contributed by atoms with Gasteiger partial charge in [-0.1, -0.05) is 0 Å². The van der Waals surface area contributed by atoms with Gasteiger partial charge in [0.1, 0.15) is 0 Å². The molecule has 0 saturated heterocycles. The molecule has 0 unspecified atom stereocenters. The van der Waals surface area contributed by atoms with Crippen molar-refractivity contribution in [3.05, 3.63) is 0 Å². The van der Waals surface area contributed by atoms with Gasteiger partial charge in [0.25, 0.3) is 0 Å². The topological polar surface area (TPSA) is 0 Å². The fourth-order valence-corrected chi connectivity index (χ4v) is 0. The van der Waals surface area contributed by atoms with E-state index in [4.69, 9.17) is 0 Å². The second kappa shape index (κ2) is 2.90. The van der Waals surface area contributed by atoms with Crippen LogP contribution in [0, 0.1) is 0 Å². The van der Waals surface area contributed by atoms with Crippen molar-refractivity contribution in [3.63, 3.8) is 0 Å². The SMILES string of the molecule is FP(F)(F)(F)F.[Cu+].[F-]. The zero-order chi connectivity index (χ0) is 5.45. The van der Waals surface area contributed by atoms with Gasteiger partial charge < -0.3 is 4.70 Å². The van der Waals surface area contributed by atoms with Crippen molar-refractivity contribution in [1.29, 1.82) is 0 Å². The van der Waals surface area contributed by atoms with Gasteiger partial charge in [0.05, 0.1) is 0 Å². The van der Waals surface area contributed by atoms with Crippen LogP contribution in [0.3, 0.4) is 0 Å². The summed E-state index contributed by atoms with van der Waals surface area (Å²) in [5.41, 5.74) is 0. The Hall–Kier alpha value is 0.529. The largest absolute Gasteiger partial charge is 1.00 e. The standard InChI is InChI=1S/Cu.F5P.FH/c;1-6(2,3,4)5;/h;;1H/q+1;;/p-1. The summed E-state index contributed by atoms with van der Waals surface area (Å²) in [6, 6.07) is 0. The summed E-state index contributed by atoms with van der Waals surface area (Å²) in [6.07, 6.45) is 0. The van der Waals surface area contributed by atoms with Gasteiger partial charge in [-0.05, 0) is 0 Å². The van der Waals surface area contributed by atoms with Gasteiger partial charge in [-0.3, -0.25) is 0 Å². The van der Waals surface area contributed by atoms with E-state index in [0.717, 1.165) is 0 Å². The van der Waals surface area contributed by atoms with Crippen LogP contribution < -0.4 is 4.70 Å². The Morgan fingerprint density at radius 1 is 0.750 bits per heavy atom. The maximum atomic E-state index is 9.84. The summed E-state index contributed by atoms with van der Waals surface area (Å²) in [4.78, 5) is 0. The van der Waals surface area contributed by atoms with Crippen molar-refractivity contribution in [2.75, 3.05) is 0 Å². The average molecular weight is 209 g/mol. The van der Waals surface area contributed by atoms with Crippen molar-refractivity contribution in [3.8, 4) is 0 Å². The fourth-order valence-electron chi connectivity index (χ4n) is 0. The normalized spacial score (nSPS) is 14.4. The van der Waals surface area contributed by atoms with Crippen molar-refractivity contribution in [2.45, 2.75) is 0 Å². The molecule has 0 rings (SSSR count). The molecule has 0 fully saturated rings. The molecule has 58 valence electrons. The molecule has 0 aliphatic heterocycles. The summed E-state index contributed by atoms with van der Waals surface area (Å²) < 4.78 is 49.2. The number of hydrogen-bond donors (Lipinski definition) is 0. The van der Waals surface area contributed by atoms with E-state index in [9.17, 15) is 21.0 Å². The van der Waals surface area contributed by atoms with E-state index >= 15 is 0 Å². The van der Waals surface area contributed by atoms with Crippen LogP contribution in [0.15, 0.2) is 0 Å². The first-order valence-electron chi connectivity index (χ1n) is 0.845. The molecule has 0 aliphatic rings. The third-order valence-electron chi connectivity index (χ3n) is 0. The molecule has 0 atom stereocenters. The number of hydrogen-bond acceptors (Lipinski definition) is 0. The Morgan fingerprint density at radius 3 is 0.750 bits per heavy atom. The molecule has 0 aromatic rings. The van der Waals surface area contributed by atoms with Crippen molar-refractivity contribution in [1.82, 2.24) is 0 Å². The molecule has 0 spiro atoms. The predicted octanol–water partition coefficient (Wildman–Crippen LogP) is -0.0363. The molecule has 0 aliphatic carbocycles. The summed E-state index contributed by atoms with van der Waals surface area (Å²) in [7, 11) is -8.55. The molecule has 8 heteroatoms. The molecule has 0 amide bonds. The second-order valence-electron chi connectivity index (χ2n) is 0.639. The summed E-state index contributed by atoms with van der Waals surface area (Å²) in [6.45, 7) is 0. The Bertz CT molecular complexity index is 41.7. The average Bonchev–Trinajstić information content (AvgIpc) is 0.650. The molecule has 0 radical (unpaired) electrons. The molecule has 0 saturated carbocycles. The van der Waals surface area contributed by atoms with Crippen LogP contribution in [0.5, 0.6) is 0 Å². The second-order valence-corrected chi connectivity index (χ2v) is 1.92. The molecule has 0 bridgehead atoms. The van der Waals surface area contributed by atoms with E-state index in [1.54, 1.807) is 0 Å². The van der Waals surface area contributed by atoms with E-state index < -0.39 is 8.16 Å². The first kappa shape index (κ1) is 15.8. The summed E-state index contributed by atoms with van der Waals surface area (Å²) in [5, 5.41) is 0. The Kier molecular flexibility index (Phi) is 5.72. The maximum Gasteiger partial charge on any atom is 1.00 e. The van der Waals surface area contributed by atoms with E-state index in [1.165, 1.54) is 0 Å². The monoisotopic (exact) mass is 208 g/mol. The number of halogens is 6. The van der Waals surface area contributed by atoms with Gasteiger partial charge in [-0.2, -0.15) is 0 Å². The van der Waals surface area contributed by atoms with Gasteiger partial charge in [0.15, 0.2) is 0 Å². The molecule has 0 heterocycles. The quantitative estimate of drug-likeness (QED) is 0.298. The van der Waals surface area contributed by atoms with Crippen LogP contribution in [-0.2, 0) is 17.1 Å². The maximum absolute atomic E-state index is 9.84. The Labute approximate surface area is 51.8 Å². The molecule has 0 nitrogen and oxygen atoms in total. The molecular formula is CuF6P. The van der Waals surface area contributed by atoms with Gasteiger partial charge in [0.2, 0.25) is 0 Å². The van der Waals surface area contributed by atoms with Crippen LogP contribution >= 0.6 is 8.16 Å². The minimum atomic E-state index is -8.55. The summed E-state index contributed by atoms with van der Waals surface area (Å²) >= 11 is 0. The third-order valence-corrected chi connectivity index (χ3v) is 0. The Balaban J connectivity index is -0.000000125. The zero-order valence-electron chi connectivity index (χ0n) is 3.02. The van der Waals surface area contributed by atoms with E-state index in [1.807, 2.05) is 0 Å². The predicted molar refractivity (Wildman–Crippen MR) is 12.5 cm³/mol. The minimum absolute atomic E-state index is 0. The van der Waals surface area contributed by atoms with Crippen molar-refractivity contribution >= 4 is 8.16 Å². The van der Waals surface area contributed by atoms with Crippen LogP contribution in [0.25, 0.3) is 0 Å². The van der Waals surface area contributed by atoms with Crippen molar-refractivity contribution in [2.24, 2.45) is 0 Å². The zero-order valence-corrected chi connectivity index (χ0v) is 4.85. The third kappa shape index (κ3) is 712. The smallest absolute Gasteiger partial charge is 1.00 e. The van der Waals surface area contributed by atoms with Crippen molar-refractivity contribution < 1.29 is 42.8 Å². The number of rotatable bonds is 0. The summed E-state index contributed by atoms with van der Waals surface area (Å²) in [5.74, 6) is 0. The fraction of sp³-hybridized carbons (Fsp3) is 0. The molecule has 8 heavy (non-hydrogen) atoms. The van der Waals surface area contributed by atoms with E-state index in [0.29, 0.717) is 0 Å². The van der Waals surface area contributed by atoms with Crippen LogP contribution in [-0.4, -0.2) is 0 Å². The minimum Gasteiger partial charge on any atom is -1.00 e.